The van der Waals surface area contributed by atoms with Crippen LogP contribution in [-0.4, -0.2) is 45.4 Å². The lowest BCUT2D eigenvalue weighted by Gasteiger charge is -2.00. The lowest BCUT2D eigenvalue weighted by molar-refractivity contribution is -0.106. The van der Waals surface area contributed by atoms with Gasteiger partial charge in [0.25, 0.3) is 0 Å². The van der Waals surface area contributed by atoms with Crippen LogP contribution in [0.25, 0.3) is 0 Å². The van der Waals surface area contributed by atoms with Gasteiger partial charge in [-0.25, -0.2) is 0 Å². The lowest BCUT2D eigenvalue weighted by Crippen LogP contribution is -2.08. The molecule has 0 saturated heterocycles. The van der Waals surface area contributed by atoms with Crippen LogP contribution in [0.3, 0.4) is 0 Å². The zero-order chi connectivity index (χ0) is 10.4. The Kier molecular flexibility index (Phi) is 32.9. The maximum absolute atomic E-state index is 8.81. The van der Waals surface area contributed by atoms with Gasteiger partial charge in [-0.05, 0) is 41.2 Å². The molecule has 12 heavy (non-hydrogen) atoms. The van der Waals surface area contributed by atoms with E-state index in [9.17, 15) is 0 Å². The van der Waals surface area contributed by atoms with Crippen molar-refractivity contribution in [1.82, 2.24) is 10.2 Å². The van der Waals surface area contributed by atoms with Crippen molar-refractivity contribution >= 4 is 6.29 Å². The molecule has 0 radical (unpaired) electrons. The summed E-state index contributed by atoms with van der Waals surface area (Å²) in [5.74, 6) is 0. The maximum atomic E-state index is 8.81. The molecule has 0 aromatic carbocycles. The molecule has 1 N–H and O–H groups in total. The highest BCUT2D eigenvalue weighted by Gasteiger charge is 1.72. The Labute approximate surface area is 77.1 Å². The van der Waals surface area contributed by atoms with E-state index in [2.05, 4.69) is 38.2 Å². The zero-order valence-corrected chi connectivity index (χ0v) is 9.35. The molecule has 0 aliphatic heterocycles. The molecule has 0 unspecified atom stereocenters. The van der Waals surface area contributed by atoms with Gasteiger partial charge in [-0.3, -0.25) is 0 Å². The minimum absolute atomic E-state index is 0.750. The van der Waals surface area contributed by atoms with Crippen LogP contribution in [0.2, 0.25) is 0 Å². The third-order valence-corrected chi connectivity index (χ3v) is 0.986. The zero-order valence-electron chi connectivity index (χ0n) is 9.35. The van der Waals surface area contributed by atoms with E-state index in [-0.39, 0.29) is 0 Å². The standard InChI is InChI=1S/C4H11N.C3H9N.C2H4O/c1-4-5(2)3;1-3-4-2;1-2-3/h4H2,1-3H3;4H,3H2,1-2H3;2H,1H3. The van der Waals surface area contributed by atoms with Crippen LogP contribution in [0.4, 0.5) is 0 Å². The van der Waals surface area contributed by atoms with E-state index < -0.39 is 0 Å². The molecule has 3 nitrogen and oxygen atoms in total. The van der Waals surface area contributed by atoms with Crippen molar-refractivity contribution in [3.05, 3.63) is 0 Å². The number of nitrogens with one attached hydrogen (secondary N) is 1. The average Bonchev–Trinajstić information content (AvgIpc) is 2.06. The molecule has 76 valence electrons. The first kappa shape index (κ1) is 17.6. The molecule has 0 rings (SSSR count). The van der Waals surface area contributed by atoms with E-state index >= 15 is 0 Å². The fraction of sp³-hybridized carbons (Fsp3) is 0.889. The Morgan fingerprint density at radius 2 is 1.50 bits per heavy atom. The Balaban J connectivity index is -0.000000105. The van der Waals surface area contributed by atoms with Crippen molar-refractivity contribution in [1.29, 1.82) is 0 Å². The second-order valence-electron chi connectivity index (χ2n) is 2.34. The molecule has 0 aliphatic carbocycles. The van der Waals surface area contributed by atoms with Gasteiger partial charge < -0.3 is 15.0 Å². The summed E-state index contributed by atoms with van der Waals surface area (Å²) in [6.07, 6.45) is 0.750. The molecular weight excluding hydrogens is 152 g/mol. The van der Waals surface area contributed by atoms with Crippen LogP contribution in [0, 0.1) is 0 Å². The highest BCUT2D eigenvalue weighted by atomic mass is 16.1. The predicted molar refractivity (Wildman–Crippen MR) is 55.6 cm³/mol. The largest absolute Gasteiger partial charge is 0.320 e. The van der Waals surface area contributed by atoms with Crippen molar-refractivity contribution in [2.45, 2.75) is 20.8 Å². The molecule has 0 bridgehead atoms. The third kappa shape index (κ3) is 105. The first-order chi connectivity index (χ1) is 5.60. The fourth-order valence-corrected chi connectivity index (χ4v) is 0. The summed E-state index contributed by atoms with van der Waals surface area (Å²) in [5.41, 5.74) is 0. The second kappa shape index (κ2) is 22.4. The molecule has 0 aliphatic rings. The van der Waals surface area contributed by atoms with Gasteiger partial charge in [0.1, 0.15) is 6.29 Å². The molecular formula is C9H24N2O. The number of hydrogen-bond acceptors (Lipinski definition) is 3. The molecule has 0 aromatic rings. The number of hydrogen-bond donors (Lipinski definition) is 1. The maximum Gasteiger partial charge on any atom is 0.116 e. The number of rotatable bonds is 2. The van der Waals surface area contributed by atoms with E-state index in [0.717, 1.165) is 19.4 Å². The van der Waals surface area contributed by atoms with Crippen LogP contribution in [0.1, 0.15) is 20.8 Å². The summed E-state index contributed by atoms with van der Waals surface area (Å²) < 4.78 is 0. The van der Waals surface area contributed by atoms with Crippen LogP contribution in [0.15, 0.2) is 0 Å². The summed E-state index contributed by atoms with van der Waals surface area (Å²) in [6.45, 7) is 7.85. The van der Waals surface area contributed by atoms with Crippen LogP contribution in [-0.2, 0) is 4.79 Å². The minimum Gasteiger partial charge on any atom is -0.320 e. The molecule has 0 aromatic heterocycles. The Bertz CT molecular complexity index is 63.5. The number of carbonyl (C=O) groups is 1. The molecule has 0 spiro atoms. The highest BCUT2D eigenvalue weighted by Crippen LogP contribution is 1.63. The number of carbonyl (C=O) groups excluding carboxylic acids is 1. The van der Waals surface area contributed by atoms with Gasteiger partial charge in [-0.1, -0.05) is 13.8 Å². The topological polar surface area (TPSA) is 32.3 Å². The van der Waals surface area contributed by atoms with Gasteiger partial charge in [0.2, 0.25) is 0 Å². The SMILES string of the molecule is CC=O.CCN(C)C.CCNC. The quantitative estimate of drug-likeness (QED) is 0.637. The van der Waals surface area contributed by atoms with E-state index in [1.165, 1.54) is 6.92 Å². The number of nitrogens with zero attached hydrogens (tertiary/aromatic N) is 1. The molecule has 0 amide bonds. The monoisotopic (exact) mass is 176 g/mol. The predicted octanol–water partition coefficient (Wildman–Crippen LogP) is 0.999. The smallest absolute Gasteiger partial charge is 0.116 e. The van der Waals surface area contributed by atoms with Crippen molar-refractivity contribution in [2.75, 3.05) is 34.2 Å². The van der Waals surface area contributed by atoms with Gasteiger partial charge in [0, 0.05) is 0 Å². The summed E-state index contributed by atoms with van der Waals surface area (Å²) in [6, 6.07) is 0. The summed E-state index contributed by atoms with van der Waals surface area (Å²) in [7, 11) is 6.04. The lowest BCUT2D eigenvalue weighted by atomic mass is 10.7. The third-order valence-electron chi connectivity index (χ3n) is 0.986. The highest BCUT2D eigenvalue weighted by molar-refractivity contribution is 5.44. The Morgan fingerprint density at radius 1 is 1.33 bits per heavy atom. The van der Waals surface area contributed by atoms with E-state index in [4.69, 9.17) is 4.79 Å². The van der Waals surface area contributed by atoms with Gasteiger partial charge in [0.15, 0.2) is 0 Å². The number of aldehydes is 1. The van der Waals surface area contributed by atoms with E-state index in [1.807, 2.05) is 7.05 Å². The summed E-state index contributed by atoms with van der Waals surface area (Å²) >= 11 is 0. The van der Waals surface area contributed by atoms with Crippen molar-refractivity contribution in [3.8, 4) is 0 Å². The van der Waals surface area contributed by atoms with Gasteiger partial charge in [-0.15, -0.1) is 0 Å². The van der Waals surface area contributed by atoms with Gasteiger partial charge in [-0.2, -0.15) is 0 Å². The van der Waals surface area contributed by atoms with Crippen LogP contribution < -0.4 is 5.32 Å². The van der Waals surface area contributed by atoms with E-state index in [1.54, 1.807) is 0 Å². The summed E-state index contributed by atoms with van der Waals surface area (Å²) in [5, 5.41) is 2.93. The molecule has 0 fully saturated rings. The average molecular weight is 176 g/mol. The van der Waals surface area contributed by atoms with E-state index in [0.29, 0.717) is 0 Å². The van der Waals surface area contributed by atoms with Crippen LogP contribution >= 0.6 is 0 Å². The van der Waals surface area contributed by atoms with Crippen LogP contribution in [0.5, 0.6) is 0 Å². The molecule has 0 heterocycles. The fourth-order valence-electron chi connectivity index (χ4n) is 0. The first-order valence-corrected chi connectivity index (χ1v) is 4.29. The first-order valence-electron chi connectivity index (χ1n) is 4.29. The van der Waals surface area contributed by atoms with Crippen molar-refractivity contribution in [3.63, 3.8) is 0 Å². The Morgan fingerprint density at radius 3 is 1.50 bits per heavy atom. The summed E-state index contributed by atoms with van der Waals surface area (Å²) in [4.78, 5) is 10.9. The molecule has 0 saturated carbocycles. The normalized spacial score (nSPS) is 7.58. The van der Waals surface area contributed by atoms with Gasteiger partial charge in [0.05, 0.1) is 0 Å². The Hall–Kier alpha value is -0.410. The second-order valence-corrected chi connectivity index (χ2v) is 2.34. The van der Waals surface area contributed by atoms with Gasteiger partial charge >= 0.3 is 0 Å². The molecule has 3 heteroatoms. The van der Waals surface area contributed by atoms with Crippen molar-refractivity contribution < 1.29 is 4.79 Å². The minimum atomic E-state index is 0.750. The molecule has 0 atom stereocenters. The van der Waals surface area contributed by atoms with Crippen molar-refractivity contribution in [2.24, 2.45) is 0 Å².